The minimum Gasteiger partial charge on any atom is -0.391 e. The van der Waals surface area contributed by atoms with Gasteiger partial charge in [0.15, 0.2) is 5.82 Å². The molecule has 1 amide bonds. The van der Waals surface area contributed by atoms with Gasteiger partial charge in [0, 0.05) is 7.05 Å². The lowest BCUT2D eigenvalue weighted by atomic mass is 9.91. The number of carbonyl (C=O) groups excluding carboxylic acids is 1. The molecule has 0 saturated heterocycles. The fraction of sp³-hybridized carbons (Fsp3) is 0.583. The Bertz CT molecular complexity index is 436. The van der Waals surface area contributed by atoms with E-state index >= 15 is 0 Å². The van der Waals surface area contributed by atoms with Crippen LogP contribution in [0, 0.1) is 0 Å². The molecule has 0 bridgehead atoms. The van der Waals surface area contributed by atoms with Crippen molar-refractivity contribution in [3.05, 3.63) is 18.1 Å². The molecule has 1 aliphatic carbocycles. The summed E-state index contributed by atoms with van der Waals surface area (Å²) in [6, 6.07) is -0.143. The highest BCUT2D eigenvalue weighted by Gasteiger charge is 2.30. The van der Waals surface area contributed by atoms with Gasteiger partial charge >= 0.3 is 0 Å². The van der Waals surface area contributed by atoms with Gasteiger partial charge in [0.1, 0.15) is 5.69 Å². The van der Waals surface area contributed by atoms with Crippen molar-refractivity contribution in [3.8, 4) is 0 Å². The van der Waals surface area contributed by atoms with Crippen molar-refractivity contribution in [2.75, 3.05) is 12.5 Å². The monoisotopic (exact) mass is 265 g/mol. The van der Waals surface area contributed by atoms with Crippen molar-refractivity contribution in [2.24, 2.45) is 5.84 Å². The van der Waals surface area contributed by atoms with Gasteiger partial charge in [0.25, 0.3) is 5.91 Å². The second kappa shape index (κ2) is 5.94. The van der Waals surface area contributed by atoms with Crippen LogP contribution in [0.15, 0.2) is 12.4 Å². The molecular weight excluding hydrogens is 246 g/mol. The molecule has 1 aromatic heterocycles. The number of aliphatic hydroxyl groups excluding tert-OH is 1. The van der Waals surface area contributed by atoms with Crippen LogP contribution < -0.4 is 11.3 Å². The molecule has 4 N–H and O–H groups in total. The Labute approximate surface area is 111 Å². The summed E-state index contributed by atoms with van der Waals surface area (Å²) in [6.07, 6.45) is 5.92. The van der Waals surface area contributed by atoms with Crippen LogP contribution in [-0.4, -0.2) is 45.1 Å². The predicted molar refractivity (Wildman–Crippen MR) is 70.2 cm³/mol. The molecule has 7 nitrogen and oxygen atoms in total. The van der Waals surface area contributed by atoms with Gasteiger partial charge in [-0.05, 0) is 12.8 Å². The third-order valence-electron chi connectivity index (χ3n) is 3.53. The van der Waals surface area contributed by atoms with Gasteiger partial charge in [0.05, 0.1) is 24.5 Å². The van der Waals surface area contributed by atoms with Gasteiger partial charge < -0.3 is 15.4 Å². The minimum atomic E-state index is -0.458. The smallest absolute Gasteiger partial charge is 0.274 e. The van der Waals surface area contributed by atoms with E-state index in [1.807, 2.05) is 0 Å². The van der Waals surface area contributed by atoms with Crippen molar-refractivity contribution in [2.45, 2.75) is 37.8 Å². The largest absolute Gasteiger partial charge is 0.391 e. The average Bonchev–Trinajstić information content (AvgIpc) is 2.46. The Kier molecular flexibility index (Phi) is 4.28. The lowest BCUT2D eigenvalue weighted by Gasteiger charge is -2.34. The standard InChI is InChI=1S/C12H19N5O2/c1-17(9-4-2-3-5-10(9)18)12(19)8-6-15-11(16-13)7-14-8/h6-7,9-10,18H,2-5,13H2,1H3,(H,15,16). The van der Waals surface area contributed by atoms with Crippen molar-refractivity contribution < 1.29 is 9.90 Å². The number of carbonyl (C=O) groups is 1. The first-order valence-corrected chi connectivity index (χ1v) is 6.37. The average molecular weight is 265 g/mol. The highest BCUT2D eigenvalue weighted by Crippen LogP contribution is 2.23. The first-order chi connectivity index (χ1) is 9.13. The van der Waals surface area contributed by atoms with Gasteiger partial charge in [0.2, 0.25) is 0 Å². The van der Waals surface area contributed by atoms with Gasteiger partial charge in [-0.2, -0.15) is 0 Å². The Morgan fingerprint density at radius 3 is 2.74 bits per heavy atom. The second-order valence-electron chi connectivity index (χ2n) is 4.77. The van der Waals surface area contributed by atoms with E-state index in [2.05, 4.69) is 15.4 Å². The molecule has 1 aliphatic rings. The third kappa shape index (κ3) is 2.99. The zero-order valence-electron chi connectivity index (χ0n) is 10.9. The number of hydrogen-bond acceptors (Lipinski definition) is 6. The summed E-state index contributed by atoms with van der Waals surface area (Å²) in [7, 11) is 1.69. The SMILES string of the molecule is CN(C(=O)c1cnc(NN)cn1)C1CCCCC1O. The summed E-state index contributed by atoms with van der Waals surface area (Å²) in [5.74, 6) is 5.36. The number of aliphatic hydroxyl groups is 1. The summed E-state index contributed by atoms with van der Waals surface area (Å²) >= 11 is 0. The second-order valence-corrected chi connectivity index (χ2v) is 4.77. The molecule has 0 radical (unpaired) electrons. The van der Waals surface area contributed by atoms with E-state index < -0.39 is 6.10 Å². The van der Waals surface area contributed by atoms with E-state index in [0.29, 0.717) is 5.82 Å². The lowest BCUT2D eigenvalue weighted by molar-refractivity contribution is 0.0264. The number of rotatable bonds is 3. The molecule has 2 atom stereocenters. The number of nitrogen functional groups attached to an aromatic ring is 1. The third-order valence-corrected chi connectivity index (χ3v) is 3.53. The highest BCUT2D eigenvalue weighted by atomic mass is 16.3. The van der Waals surface area contributed by atoms with Gasteiger partial charge in [-0.3, -0.25) is 4.79 Å². The maximum Gasteiger partial charge on any atom is 0.274 e. The fourth-order valence-electron chi connectivity index (χ4n) is 2.39. The van der Waals surface area contributed by atoms with Crippen LogP contribution in [0.25, 0.3) is 0 Å². The summed E-state index contributed by atoms with van der Waals surface area (Å²) in [4.78, 5) is 21.8. The van der Waals surface area contributed by atoms with Crippen molar-refractivity contribution in [1.82, 2.24) is 14.9 Å². The molecule has 1 fully saturated rings. The topological polar surface area (TPSA) is 104 Å². The molecule has 0 aromatic carbocycles. The van der Waals surface area contributed by atoms with E-state index in [1.54, 1.807) is 11.9 Å². The summed E-state index contributed by atoms with van der Waals surface area (Å²) < 4.78 is 0. The lowest BCUT2D eigenvalue weighted by Crippen LogP contribution is -2.46. The van der Waals surface area contributed by atoms with E-state index in [1.165, 1.54) is 12.4 Å². The quantitative estimate of drug-likeness (QED) is 0.530. The van der Waals surface area contributed by atoms with Crippen molar-refractivity contribution in [3.63, 3.8) is 0 Å². The van der Waals surface area contributed by atoms with Crippen LogP contribution in [-0.2, 0) is 0 Å². The summed E-state index contributed by atoms with van der Waals surface area (Å²) in [5, 5.41) is 9.96. The molecule has 2 rings (SSSR count). The van der Waals surface area contributed by atoms with Crippen molar-refractivity contribution in [1.29, 1.82) is 0 Å². The highest BCUT2D eigenvalue weighted by molar-refractivity contribution is 5.92. The minimum absolute atomic E-state index is 0.143. The van der Waals surface area contributed by atoms with Crippen molar-refractivity contribution >= 4 is 11.7 Å². The molecule has 2 unspecified atom stereocenters. The molecule has 7 heteroatoms. The number of nitrogens with two attached hydrogens (primary N) is 1. The van der Waals surface area contributed by atoms with Gasteiger partial charge in [-0.25, -0.2) is 15.8 Å². The summed E-state index contributed by atoms with van der Waals surface area (Å²) in [5.41, 5.74) is 2.60. The Hall–Kier alpha value is -1.73. The number of hydrogen-bond donors (Lipinski definition) is 3. The maximum atomic E-state index is 12.2. The van der Waals surface area contributed by atoms with Crippen LogP contribution >= 0.6 is 0 Å². The number of likely N-dealkylation sites (N-methyl/N-ethyl adjacent to an activating group) is 1. The van der Waals surface area contributed by atoms with Crippen LogP contribution in [0.3, 0.4) is 0 Å². The van der Waals surface area contributed by atoms with Gasteiger partial charge in [-0.15, -0.1) is 0 Å². The number of nitrogens with one attached hydrogen (secondary N) is 1. The molecule has 1 aromatic rings. The van der Waals surface area contributed by atoms with E-state index in [0.717, 1.165) is 25.7 Å². The van der Waals surface area contributed by atoms with E-state index in [9.17, 15) is 9.90 Å². The normalized spacial score (nSPS) is 22.9. The zero-order chi connectivity index (χ0) is 13.8. The Morgan fingerprint density at radius 2 is 2.16 bits per heavy atom. The molecule has 19 heavy (non-hydrogen) atoms. The fourth-order valence-corrected chi connectivity index (χ4v) is 2.39. The molecule has 104 valence electrons. The Morgan fingerprint density at radius 1 is 1.42 bits per heavy atom. The van der Waals surface area contributed by atoms with E-state index in [-0.39, 0.29) is 17.6 Å². The number of nitrogens with zero attached hydrogens (tertiary/aromatic N) is 3. The van der Waals surface area contributed by atoms with Crippen LogP contribution in [0.5, 0.6) is 0 Å². The Balaban J connectivity index is 2.08. The molecule has 1 saturated carbocycles. The molecule has 1 heterocycles. The summed E-state index contributed by atoms with van der Waals surface area (Å²) in [6.45, 7) is 0. The molecule has 0 aliphatic heterocycles. The molecular formula is C12H19N5O2. The van der Waals surface area contributed by atoms with E-state index in [4.69, 9.17) is 5.84 Å². The van der Waals surface area contributed by atoms with Crippen LogP contribution in [0.4, 0.5) is 5.82 Å². The number of hydrazine groups is 1. The number of aromatic nitrogens is 2. The maximum absolute atomic E-state index is 12.2. The van der Waals surface area contributed by atoms with Gasteiger partial charge in [-0.1, -0.05) is 12.8 Å². The number of anilines is 1. The predicted octanol–water partition coefficient (Wildman–Crippen LogP) is 0.138. The first kappa shape index (κ1) is 13.7. The number of amides is 1. The molecule has 0 spiro atoms. The van der Waals surface area contributed by atoms with Crippen LogP contribution in [0.2, 0.25) is 0 Å². The first-order valence-electron chi connectivity index (χ1n) is 6.37. The van der Waals surface area contributed by atoms with Crippen LogP contribution in [0.1, 0.15) is 36.2 Å². The zero-order valence-corrected chi connectivity index (χ0v) is 10.9.